The summed E-state index contributed by atoms with van der Waals surface area (Å²) in [5.41, 5.74) is 1.70. The second kappa shape index (κ2) is 4.56. The van der Waals surface area contributed by atoms with Crippen LogP contribution < -0.4 is 5.90 Å². The molecule has 0 atom stereocenters. The normalized spacial score (nSPS) is 10.5. The Balaban J connectivity index is 2.92. The van der Waals surface area contributed by atoms with Gasteiger partial charge >= 0.3 is 0 Å². The van der Waals surface area contributed by atoms with Crippen molar-refractivity contribution in [2.24, 2.45) is 5.90 Å². The van der Waals surface area contributed by atoms with Gasteiger partial charge in [0.05, 0.1) is 6.61 Å². The predicted octanol–water partition coefficient (Wildman–Crippen LogP) is 2.22. The lowest BCUT2D eigenvalue weighted by molar-refractivity contribution is 0.141. The summed E-state index contributed by atoms with van der Waals surface area (Å²) in [5, 5.41) is 0.437. The third kappa shape index (κ3) is 2.66. The molecule has 0 aromatic heterocycles. The Kier molecular flexibility index (Phi) is 3.66. The zero-order valence-corrected chi connectivity index (χ0v) is 8.07. The Morgan fingerprint density at radius 3 is 2.85 bits per heavy atom. The van der Waals surface area contributed by atoms with Crippen molar-refractivity contribution in [1.29, 1.82) is 0 Å². The quantitative estimate of drug-likeness (QED) is 0.765. The molecule has 0 amide bonds. The Morgan fingerprint density at radius 2 is 2.23 bits per heavy atom. The molecular weight excluding hydrogens is 193 g/mol. The highest BCUT2D eigenvalue weighted by Crippen LogP contribution is 2.21. The molecule has 1 aromatic rings. The van der Waals surface area contributed by atoms with Crippen LogP contribution in [0.3, 0.4) is 0 Å². The van der Waals surface area contributed by atoms with Gasteiger partial charge in [0.25, 0.3) is 0 Å². The van der Waals surface area contributed by atoms with Crippen LogP contribution in [-0.4, -0.2) is 6.61 Å². The molecule has 0 heterocycles. The summed E-state index contributed by atoms with van der Waals surface area (Å²) in [4.78, 5) is 4.41. The number of hydrogen-bond donors (Lipinski definition) is 1. The van der Waals surface area contributed by atoms with Crippen molar-refractivity contribution >= 4 is 11.6 Å². The summed E-state index contributed by atoms with van der Waals surface area (Å²) >= 11 is 5.79. The van der Waals surface area contributed by atoms with E-state index in [2.05, 4.69) is 4.84 Å². The molecule has 0 radical (unpaired) electrons. The number of nitrogens with two attached hydrogens (primary N) is 1. The second-order valence-corrected chi connectivity index (χ2v) is 3.20. The molecule has 0 aliphatic rings. The van der Waals surface area contributed by atoms with Crippen LogP contribution in [0.4, 0.5) is 4.39 Å². The molecule has 0 saturated heterocycles. The fourth-order valence-corrected chi connectivity index (χ4v) is 1.35. The lowest BCUT2D eigenvalue weighted by Gasteiger charge is -2.06. The number of halogens is 2. The van der Waals surface area contributed by atoms with Gasteiger partial charge < -0.3 is 4.84 Å². The molecule has 0 spiro atoms. The van der Waals surface area contributed by atoms with E-state index in [-0.39, 0.29) is 5.82 Å². The van der Waals surface area contributed by atoms with E-state index in [0.717, 1.165) is 11.1 Å². The summed E-state index contributed by atoms with van der Waals surface area (Å²) in [6.45, 7) is 2.20. The van der Waals surface area contributed by atoms with Crippen LogP contribution >= 0.6 is 11.6 Å². The van der Waals surface area contributed by atoms with Crippen molar-refractivity contribution in [1.82, 2.24) is 0 Å². The van der Waals surface area contributed by atoms with Gasteiger partial charge in [-0.25, -0.2) is 10.3 Å². The molecule has 0 saturated carbocycles. The van der Waals surface area contributed by atoms with Crippen molar-refractivity contribution in [3.05, 3.63) is 34.1 Å². The topological polar surface area (TPSA) is 35.2 Å². The minimum Gasteiger partial charge on any atom is -0.304 e. The van der Waals surface area contributed by atoms with Crippen molar-refractivity contribution in [3.8, 4) is 0 Å². The van der Waals surface area contributed by atoms with Gasteiger partial charge in [0.2, 0.25) is 0 Å². The van der Waals surface area contributed by atoms with E-state index >= 15 is 0 Å². The molecule has 4 heteroatoms. The van der Waals surface area contributed by atoms with E-state index in [1.165, 1.54) is 12.1 Å². The zero-order valence-electron chi connectivity index (χ0n) is 7.31. The van der Waals surface area contributed by atoms with Gasteiger partial charge in [0.1, 0.15) is 5.82 Å². The van der Waals surface area contributed by atoms with Crippen molar-refractivity contribution in [2.45, 2.75) is 13.3 Å². The molecule has 13 heavy (non-hydrogen) atoms. The molecular formula is C9H11ClFNO. The first-order valence-electron chi connectivity index (χ1n) is 3.91. The first-order valence-corrected chi connectivity index (χ1v) is 4.29. The number of hydrogen-bond acceptors (Lipinski definition) is 2. The van der Waals surface area contributed by atoms with Crippen LogP contribution in [0.15, 0.2) is 12.1 Å². The second-order valence-electron chi connectivity index (χ2n) is 2.79. The van der Waals surface area contributed by atoms with Crippen LogP contribution in [0, 0.1) is 12.7 Å². The van der Waals surface area contributed by atoms with Gasteiger partial charge in [-0.05, 0) is 36.6 Å². The highest BCUT2D eigenvalue weighted by Gasteiger charge is 2.05. The molecule has 0 aliphatic carbocycles. The standard InChI is InChI=1S/C9H11ClFNO/c1-6-7(2-3-13-12)4-8(11)5-9(6)10/h4-5H,2-3,12H2,1H3. The number of benzene rings is 1. The van der Waals surface area contributed by atoms with Crippen LogP contribution in [0.1, 0.15) is 11.1 Å². The molecule has 1 rings (SSSR count). The summed E-state index contributed by atoms with van der Waals surface area (Å²) in [6.07, 6.45) is 0.569. The zero-order chi connectivity index (χ0) is 9.84. The highest BCUT2D eigenvalue weighted by molar-refractivity contribution is 6.31. The Labute approximate surface area is 81.4 Å². The van der Waals surface area contributed by atoms with E-state index in [0.29, 0.717) is 18.1 Å². The summed E-state index contributed by atoms with van der Waals surface area (Å²) in [5.74, 6) is 4.54. The molecule has 0 unspecified atom stereocenters. The molecule has 0 aliphatic heterocycles. The smallest absolute Gasteiger partial charge is 0.124 e. The van der Waals surface area contributed by atoms with Crippen LogP contribution in [0.5, 0.6) is 0 Å². The maximum atomic E-state index is 12.9. The SMILES string of the molecule is Cc1c(Cl)cc(F)cc1CCON. The average molecular weight is 204 g/mol. The molecule has 0 fully saturated rings. The van der Waals surface area contributed by atoms with Gasteiger partial charge in [-0.2, -0.15) is 0 Å². The molecule has 2 nitrogen and oxygen atoms in total. The van der Waals surface area contributed by atoms with Gasteiger partial charge in [0.15, 0.2) is 0 Å². The number of rotatable bonds is 3. The van der Waals surface area contributed by atoms with Crippen LogP contribution in [0.2, 0.25) is 5.02 Å². The molecule has 0 bridgehead atoms. The summed E-state index contributed by atoms with van der Waals surface area (Å²) < 4.78 is 12.9. The molecule has 1 aromatic carbocycles. The lowest BCUT2D eigenvalue weighted by atomic mass is 10.1. The van der Waals surface area contributed by atoms with Gasteiger partial charge in [-0.15, -0.1) is 0 Å². The Hall–Kier alpha value is -0.640. The maximum Gasteiger partial charge on any atom is 0.124 e. The van der Waals surface area contributed by atoms with Crippen LogP contribution in [-0.2, 0) is 11.3 Å². The molecule has 2 N–H and O–H groups in total. The van der Waals surface area contributed by atoms with Gasteiger partial charge in [0, 0.05) is 5.02 Å². The summed E-state index contributed by atoms with van der Waals surface area (Å²) in [7, 11) is 0. The van der Waals surface area contributed by atoms with E-state index in [9.17, 15) is 4.39 Å². The minimum atomic E-state index is -0.331. The minimum absolute atomic E-state index is 0.331. The largest absolute Gasteiger partial charge is 0.304 e. The van der Waals surface area contributed by atoms with Crippen LogP contribution in [0.25, 0.3) is 0 Å². The van der Waals surface area contributed by atoms with Gasteiger partial charge in [-0.3, -0.25) is 0 Å². The highest BCUT2D eigenvalue weighted by atomic mass is 35.5. The fraction of sp³-hybridized carbons (Fsp3) is 0.333. The first-order chi connectivity index (χ1) is 6.15. The monoisotopic (exact) mass is 203 g/mol. The van der Waals surface area contributed by atoms with Gasteiger partial charge in [-0.1, -0.05) is 11.6 Å². The van der Waals surface area contributed by atoms with Crippen molar-refractivity contribution in [3.63, 3.8) is 0 Å². The Bertz CT molecular complexity index is 304. The predicted molar refractivity (Wildman–Crippen MR) is 50.0 cm³/mol. The van der Waals surface area contributed by atoms with Crippen molar-refractivity contribution in [2.75, 3.05) is 6.61 Å². The maximum absolute atomic E-state index is 12.9. The van der Waals surface area contributed by atoms with E-state index in [1.807, 2.05) is 6.92 Å². The third-order valence-corrected chi connectivity index (χ3v) is 2.30. The molecule has 72 valence electrons. The van der Waals surface area contributed by atoms with Crippen molar-refractivity contribution < 1.29 is 9.23 Å². The lowest BCUT2D eigenvalue weighted by Crippen LogP contribution is -2.05. The average Bonchev–Trinajstić information content (AvgIpc) is 2.09. The Morgan fingerprint density at radius 1 is 1.54 bits per heavy atom. The summed E-state index contributed by atoms with van der Waals surface area (Å²) in [6, 6.07) is 2.74. The third-order valence-electron chi connectivity index (χ3n) is 1.91. The van der Waals surface area contributed by atoms with E-state index in [4.69, 9.17) is 17.5 Å². The van der Waals surface area contributed by atoms with E-state index < -0.39 is 0 Å². The fourth-order valence-electron chi connectivity index (χ4n) is 1.13. The van der Waals surface area contributed by atoms with E-state index in [1.54, 1.807) is 0 Å². The first kappa shape index (κ1) is 10.4.